The van der Waals surface area contributed by atoms with Crippen molar-refractivity contribution in [1.29, 1.82) is 0 Å². The van der Waals surface area contributed by atoms with E-state index in [-0.39, 0.29) is 11.9 Å². The van der Waals surface area contributed by atoms with Crippen LogP contribution in [0, 0.1) is 5.92 Å². The van der Waals surface area contributed by atoms with E-state index in [1.54, 1.807) is 22.9 Å². The highest BCUT2D eigenvalue weighted by Crippen LogP contribution is 2.26. The van der Waals surface area contributed by atoms with Crippen LogP contribution in [0.25, 0.3) is 5.52 Å². The molecule has 2 aliphatic rings. The fourth-order valence-electron chi connectivity index (χ4n) is 3.52. The van der Waals surface area contributed by atoms with Crippen LogP contribution in [0.4, 0.5) is 0 Å². The zero-order chi connectivity index (χ0) is 14.4. The van der Waals surface area contributed by atoms with E-state index in [2.05, 4.69) is 15.2 Å². The van der Waals surface area contributed by atoms with Gasteiger partial charge in [0.1, 0.15) is 17.2 Å². The lowest BCUT2D eigenvalue weighted by Crippen LogP contribution is -2.47. The van der Waals surface area contributed by atoms with E-state index >= 15 is 0 Å². The minimum absolute atomic E-state index is 0.0951. The molecule has 0 aliphatic carbocycles. The van der Waals surface area contributed by atoms with Crippen LogP contribution in [-0.4, -0.2) is 45.9 Å². The first kappa shape index (κ1) is 13.1. The minimum Gasteiger partial charge on any atom is -0.347 e. The summed E-state index contributed by atoms with van der Waals surface area (Å²) in [4.78, 5) is 19.0. The van der Waals surface area contributed by atoms with Crippen LogP contribution in [0.1, 0.15) is 23.3 Å². The van der Waals surface area contributed by atoms with Crippen LogP contribution in [-0.2, 0) is 0 Å². The highest BCUT2D eigenvalue weighted by Gasteiger charge is 2.33. The van der Waals surface area contributed by atoms with Crippen molar-refractivity contribution in [3.63, 3.8) is 0 Å². The molecule has 0 radical (unpaired) electrons. The molecule has 5 nitrogen and oxygen atoms in total. The van der Waals surface area contributed by atoms with Crippen molar-refractivity contribution in [2.24, 2.45) is 5.92 Å². The van der Waals surface area contributed by atoms with Gasteiger partial charge in [0.2, 0.25) is 0 Å². The maximum atomic E-state index is 12.4. The Kier molecular flexibility index (Phi) is 3.12. The number of halogens is 1. The molecular weight excluding hydrogens is 288 g/mol. The first-order valence-corrected chi connectivity index (χ1v) is 7.72. The Bertz CT molecular complexity index is 686. The number of nitrogens with zero attached hydrogens (tertiary/aromatic N) is 3. The van der Waals surface area contributed by atoms with E-state index < -0.39 is 0 Å². The quantitative estimate of drug-likeness (QED) is 0.920. The van der Waals surface area contributed by atoms with Crippen LogP contribution in [0.3, 0.4) is 0 Å². The summed E-state index contributed by atoms with van der Waals surface area (Å²) in [5, 5.41) is 3.72. The summed E-state index contributed by atoms with van der Waals surface area (Å²) in [6.45, 7) is 3.32. The smallest absolute Gasteiger partial charge is 0.270 e. The molecule has 2 bridgehead atoms. The predicted octanol–water partition coefficient (Wildman–Crippen LogP) is 1.81. The summed E-state index contributed by atoms with van der Waals surface area (Å²) < 4.78 is 1.75. The summed E-state index contributed by atoms with van der Waals surface area (Å²) in [6, 6.07) is 5.70. The summed E-state index contributed by atoms with van der Waals surface area (Å²) in [7, 11) is 0. The topological polar surface area (TPSA) is 49.6 Å². The molecule has 4 heterocycles. The summed E-state index contributed by atoms with van der Waals surface area (Å²) in [6.07, 6.45) is 3.95. The van der Waals surface area contributed by atoms with Gasteiger partial charge in [0.05, 0.1) is 5.52 Å². The molecule has 4 rings (SSSR count). The molecule has 1 N–H and O–H groups in total. The molecule has 2 aromatic heterocycles. The molecule has 2 fully saturated rings. The zero-order valence-electron chi connectivity index (χ0n) is 11.6. The van der Waals surface area contributed by atoms with Crippen molar-refractivity contribution in [3.8, 4) is 0 Å². The van der Waals surface area contributed by atoms with Crippen molar-refractivity contribution in [3.05, 3.63) is 35.4 Å². The monoisotopic (exact) mass is 304 g/mol. The molecule has 0 aromatic carbocycles. The van der Waals surface area contributed by atoms with E-state index in [0.717, 1.165) is 24.4 Å². The van der Waals surface area contributed by atoms with Gasteiger partial charge >= 0.3 is 0 Å². The van der Waals surface area contributed by atoms with Gasteiger partial charge < -0.3 is 10.2 Å². The number of amides is 1. The third-order valence-corrected chi connectivity index (χ3v) is 4.84. The van der Waals surface area contributed by atoms with Crippen molar-refractivity contribution in [2.45, 2.75) is 18.9 Å². The second kappa shape index (κ2) is 5.00. The number of carbonyl (C=O) groups excluding carboxylic acids is 1. The number of nitrogens with one attached hydrogen (secondary N) is 1. The van der Waals surface area contributed by atoms with Gasteiger partial charge in [0.25, 0.3) is 5.91 Å². The first-order chi connectivity index (χ1) is 10.2. The number of fused-ring (bicyclic) bond motifs is 3. The fraction of sp³-hybridized carbons (Fsp3) is 0.467. The summed E-state index contributed by atoms with van der Waals surface area (Å²) in [5.41, 5.74) is 1.33. The largest absolute Gasteiger partial charge is 0.347 e. The van der Waals surface area contributed by atoms with E-state index in [9.17, 15) is 4.79 Å². The molecule has 3 atom stereocenters. The molecule has 2 unspecified atom stereocenters. The van der Waals surface area contributed by atoms with Crippen LogP contribution < -0.4 is 5.32 Å². The van der Waals surface area contributed by atoms with Crippen LogP contribution in [0.2, 0.25) is 5.15 Å². The number of hydrogen-bond acceptors (Lipinski definition) is 3. The Morgan fingerprint density at radius 1 is 1.38 bits per heavy atom. The van der Waals surface area contributed by atoms with Gasteiger partial charge in [-0.2, -0.15) is 0 Å². The van der Waals surface area contributed by atoms with Crippen molar-refractivity contribution in [2.75, 3.05) is 19.6 Å². The van der Waals surface area contributed by atoms with Crippen molar-refractivity contribution in [1.82, 2.24) is 19.6 Å². The molecule has 21 heavy (non-hydrogen) atoms. The van der Waals surface area contributed by atoms with Crippen molar-refractivity contribution >= 4 is 23.0 Å². The van der Waals surface area contributed by atoms with E-state index in [4.69, 9.17) is 11.6 Å². The molecule has 2 saturated heterocycles. The number of piperidine rings is 1. The Labute approximate surface area is 127 Å². The lowest BCUT2D eigenvalue weighted by Gasteiger charge is -2.30. The zero-order valence-corrected chi connectivity index (χ0v) is 12.4. The van der Waals surface area contributed by atoms with Crippen LogP contribution in [0.15, 0.2) is 24.5 Å². The highest BCUT2D eigenvalue weighted by atomic mass is 35.5. The van der Waals surface area contributed by atoms with Crippen molar-refractivity contribution < 1.29 is 4.79 Å². The average Bonchev–Trinajstić information content (AvgIpc) is 3.02. The molecule has 0 saturated carbocycles. The summed E-state index contributed by atoms with van der Waals surface area (Å²) >= 11 is 6.02. The lowest BCUT2D eigenvalue weighted by atomic mass is 9.97. The third kappa shape index (κ3) is 2.40. The van der Waals surface area contributed by atoms with Crippen LogP contribution >= 0.6 is 11.6 Å². The van der Waals surface area contributed by atoms with Gasteiger partial charge in [-0.1, -0.05) is 11.6 Å². The second-order valence-corrected chi connectivity index (χ2v) is 6.43. The molecule has 2 aromatic rings. The fourth-order valence-corrected chi connectivity index (χ4v) is 3.73. The molecular formula is C15H17ClN4O. The maximum Gasteiger partial charge on any atom is 0.270 e. The van der Waals surface area contributed by atoms with Crippen LogP contribution in [0.5, 0.6) is 0 Å². The number of hydrogen-bond donors (Lipinski definition) is 1. The number of rotatable bonds is 2. The predicted molar refractivity (Wildman–Crippen MR) is 80.6 cm³/mol. The average molecular weight is 305 g/mol. The van der Waals surface area contributed by atoms with Gasteiger partial charge in [-0.25, -0.2) is 4.98 Å². The van der Waals surface area contributed by atoms with E-state index in [0.29, 0.717) is 10.8 Å². The molecule has 110 valence electrons. The van der Waals surface area contributed by atoms with Gasteiger partial charge in [-0.3, -0.25) is 9.20 Å². The number of aromatic nitrogens is 2. The van der Waals surface area contributed by atoms with E-state index in [1.165, 1.54) is 19.5 Å². The Morgan fingerprint density at radius 3 is 3.14 bits per heavy atom. The highest BCUT2D eigenvalue weighted by molar-refractivity contribution is 6.30. The van der Waals surface area contributed by atoms with E-state index in [1.807, 2.05) is 6.07 Å². The third-order valence-electron chi connectivity index (χ3n) is 4.53. The maximum absolute atomic E-state index is 12.4. The lowest BCUT2D eigenvalue weighted by molar-refractivity contribution is 0.0904. The second-order valence-electron chi connectivity index (χ2n) is 6.05. The molecule has 0 spiro atoms. The number of carbonyl (C=O) groups is 1. The SMILES string of the molecule is O=C(N[C@@H]1CC2CCN(C2)C1)c1cc2ccc(Cl)n2cn1. The molecule has 2 aliphatic heterocycles. The Balaban J connectivity index is 1.50. The van der Waals surface area contributed by atoms with Gasteiger partial charge in [0.15, 0.2) is 0 Å². The molecule has 6 heteroatoms. The minimum atomic E-state index is -0.0951. The summed E-state index contributed by atoms with van der Waals surface area (Å²) in [5.74, 6) is 0.645. The Hall–Kier alpha value is -1.59. The molecule has 1 amide bonds. The van der Waals surface area contributed by atoms with Gasteiger partial charge in [-0.15, -0.1) is 0 Å². The van der Waals surface area contributed by atoms with Gasteiger partial charge in [0, 0.05) is 19.1 Å². The normalized spacial score (nSPS) is 28.0. The Morgan fingerprint density at radius 2 is 2.29 bits per heavy atom. The first-order valence-electron chi connectivity index (χ1n) is 7.35. The standard InChI is InChI=1S/C15H17ClN4O/c16-14-2-1-12-6-13(17-9-20(12)14)15(21)18-11-5-10-3-4-19(7-10)8-11/h1-2,6,9-11H,3-5,7-8H2,(H,18,21)/t10?,11-/m1/s1. The van der Waals surface area contributed by atoms with Gasteiger partial charge in [-0.05, 0) is 43.5 Å².